The first kappa shape index (κ1) is 16.7. The van der Waals surface area contributed by atoms with Crippen LogP contribution in [0.2, 0.25) is 0 Å². The zero-order valence-electron chi connectivity index (χ0n) is 13.8. The number of aromatic nitrogens is 2. The number of para-hydroxylation sites is 1. The van der Waals surface area contributed by atoms with Crippen LogP contribution < -0.4 is 10.1 Å². The van der Waals surface area contributed by atoms with E-state index < -0.39 is 0 Å². The monoisotopic (exact) mass is 339 g/mol. The normalized spacial score (nSPS) is 10.5. The van der Waals surface area contributed by atoms with Crippen LogP contribution in [0, 0.1) is 12.7 Å². The smallest absolute Gasteiger partial charge is 0.258 e. The average Bonchev–Trinajstić information content (AvgIpc) is 3.00. The summed E-state index contributed by atoms with van der Waals surface area (Å²) >= 11 is 0. The Bertz CT molecular complexity index is 862. The predicted molar refractivity (Wildman–Crippen MR) is 92.0 cm³/mol. The minimum atomic E-state index is -0.329. The van der Waals surface area contributed by atoms with E-state index in [9.17, 15) is 9.18 Å². The Kier molecular flexibility index (Phi) is 5.09. The molecule has 128 valence electrons. The predicted octanol–water partition coefficient (Wildman–Crippen LogP) is 3.02. The number of carbonyl (C=O) groups excluding carboxylic acids is 1. The number of carbonyl (C=O) groups is 1. The molecule has 0 aliphatic heterocycles. The molecule has 0 aliphatic rings. The van der Waals surface area contributed by atoms with Crippen molar-refractivity contribution in [3.05, 3.63) is 77.7 Å². The molecule has 0 spiro atoms. The SMILES string of the molecule is Cc1cn(-c2ccccc2)nc1OCC(=O)NCc1cccc(F)c1. The fraction of sp³-hybridized carbons (Fsp3) is 0.158. The number of hydrogen-bond acceptors (Lipinski definition) is 3. The second-order valence-corrected chi connectivity index (χ2v) is 5.59. The van der Waals surface area contributed by atoms with Crippen molar-refractivity contribution in [2.45, 2.75) is 13.5 Å². The summed E-state index contributed by atoms with van der Waals surface area (Å²) in [7, 11) is 0. The third-order valence-electron chi connectivity index (χ3n) is 3.59. The summed E-state index contributed by atoms with van der Waals surface area (Å²) in [6, 6.07) is 15.7. The van der Waals surface area contributed by atoms with Crippen molar-refractivity contribution in [3.63, 3.8) is 0 Å². The van der Waals surface area contributed by atoms with E-state index in [1.165, 1.54) is 12.1 Å². The molecule has 1 heterocycles. The Morgan fingerprint density at radius 2 is 2.00 bits per heavy atom. The minimum Gasteiger partial charge on any atom is -0.466 e. The molecule has 0 radical (unpaired) electrons. The molecule has 1 amide bonds. The van der Waals surface area contributed by atoms with Gasteiger partial charge in [0.05, 0.1) is 5.69 Å². The first-order chi connectivity index (χ1) is 12.1. The van der Waals surface area contributed by atoms with Gasteiger partial charge in [-0.3, -0.25) is 4.79 Å². The molecule has 6 heteroatoms. The lowest BCUT2D eigenvalue weighted by atomic mass is 10.2. The quantitative estimate of drug-likeness (QED) is 0.751. The molecular weight excluding hydrogens is 321 g/mol. The van der Waals surface area contributed by atoms with Gasteiger partial charge in [0.15, 0.2) is 6.61 Å². The molecule has 0 bridgehead atoms. The zero-order chi connectivity index (χ0) is 17.6. The van der Waals surface area contributed by atoms with Crippen molar-refractivity contribution < 1.29 is 13.9 Å². The van der Waals surface area contributed by atoms with Gasteiger partial charge in [0.25, 0.3) is 5.91 Å². The standard InChI is InChI=1S/C19H18FN3O2/c1-14-12-23(17-8-3-2-4-9-17)22-19(14)25-13-18(24)21-11-15-6-5-7-16(20)10-15/h2-10,12H,11,13H2,1H3,(H,21,24). The first-order valence-electron chi connectivity index (χ1n) is 7.87. The summed E-state index contributed by atoms with van der Waals surface area (Å²) in [5.41, 5.74) is 2.44. The number of benzene rings is 2. The van der Waals surface area contributed by atoms with Gasteiger partial charge in [0, 0.05) is 18.3 Å². The molecule has 2 aromatic carbocycles. The average molecular weight is 339 g/mol. The Morgan fingerprint density at radius 1 is 1.20 bits per heavy atom. The van der Waals surface area contributed by atoms with Crippen LogP contribution in [-0.4, -0.2) is 22.3 Å². The van der Waals surface area contributed by atoms with Crippen molar-refractivity contribution in [3.8, 4) is 11.6 Å². The number of rotatable bonds is 6. The van der Waals surface area contributed by atoms with Crippen molar-refractivity contribution in [1.29, 1.82) is 0 Å². The number of halogens is 1. The van der Waals surface area contributed by atoms with E-state index in [0.717, 1.165) is 11.3 Å². The molecular formula is C19H18FN3O2. The second-order valence-electron chi connectivity index (χ2n) is 5.59. The third kappa shape index (κ3) is 4.44. The Morgan fingerprint density at radius 3 is 2.76 bits per heavy atom. The third-order valence-corrected chi connectivity index (χ3v) is 3.59. The van der Waals surface area contributed by atoms with Gasteiger partial charge in [-0.05, 0) is 36.8 Å². The van der Waals surface area contributed by atoms with Crippen LogP contribution in [0.4, 0.5) is 4.39 Å². The Hall–Kier alpha value is -3.15. The highest BCUT2D eigenvalue weighted by molar-refractivity contribution is 5.77. The van der Waals surface area contributed by atoms with Crippen LogP contribution in [0.3, 0.4) is 0 Å². The van der Waals surface area contributed by atoms with Gasteiger partial charge < -0.3 is 10.1 Å². The van der Waals surface area contributed by atoms with Gasteiger partial charge in [-0.2, -0.15) is 0 Å². The lowest BCUT2D eigenvalue weighted by molar-refractivity contribution is -0.123. The summed E-state index contributed by atoms with van der Waals surface area (Å²) in [5.74, 6) is -0.215. The highest BCUT2D eigenvalue weighted by Gasteiger charge is 2.10. The number of ether oxygens (including phenoxy) is 1. The summed E-state index contributed by atoms with van der Waals surface area (Å²) in [6.07, 6.45) is 1.84. The van der Waals surface area contributed by atoms with Crippen molar-refractivity contribution in [2.75, 3.05) is 6.61 Å². The van der Waals surface area contributed by atoms with Crippen LogP contribution >= 0.6 is 0 Å². The van der Waals surface area contributed by atoms with E-state index in [2.05, 4.69) is 10.4 Å². The van der Waals surface area contributed by atoms with Crippen LogP contribution in [0.25, 0.3) is 5.69 Å². The fourth-order valence-electron chi connectivity index (χ4n) is 2.33. The number of nitrogens with zero attached hydrogens (tertiary/aromatic N) is 2. The molecule has 5 nitrogen and oxygen atoms in total. The minimum absolute atomic E-state index is 0.151. The van der Waals surface area contributed by atoms with E-state index in [-0.39, 0.29) is 24.9 Å². The molecule has 3 rings (SSSR count). The topological polar surface area (TPSA) is 56.2 Å². The van der Waals surface area contributed by atoms with Crippen molar-refractivity contribution in [2.24, 2.45) is 0 Å². The van der Waals surface area contributed by atoms with Gasteiger partial charge in [-0.1, -0.05) is 30.3 Å². The maximum atomic E-state index is 13.1. The molecule has 1 aromatic heterocycles. The van der Waals surface area contributed by atoms with E-state index >= 15 is 0 Å². The van der Waals surface area contributed by atoms with Crippen molar-refractivity contribution >= 4 is 5.91 Å². The van der Waals surface area contributed by atoms with Gasteiger partial charge >= 0.3 is 0 Å². The van der Waals surface area contributed by atoms with Gasteiger partial charge in [0.1, 0.15) is 5.82 Å². The Labute approximate surface area is 145 Å². The van der Waals surface area contributed by atoms with Gasteiger partial charge in [-0.15, -0.1) is 5.10 Å². The summed E-state index contributed by atoms with van der Waals surface area (Å²) in [4.78, 5) is 11.9. The lowest BCUT2D eigenvalue weighted by Gasteiger charge is -2.06. The molecule has 3 aromatic rings. The largest absolute Gasteiger partial charge is 0.466 e. The first-order valence-corrected chi connectivity index (χ1v) is 7.87. The second kappa shape index (κ2) is 7.61. The molecule has 0 fully saturated rings. The van der Waals surface area contributed by atoms with Crippen LogP contribution in [-0.2, 0) is 11.3 Å². The van der Waals surface area contributed by atoms with Gasteiger partial charge in [0.2, 0.25) is 5.88 Å². The molecule has 25 heavy (non-hydrogen) atoms. The summed E-state index contributed by atoms with van der Waals surface area (Å²) in [6.45, 7) is 1.96. The highest BCUT2D eigenvalue weighted by atomic mass is 19.1. The van der Waals surface area contributed by atoms with Crippen LogP contribution in [0.5, 0.6) is 5.88 Å². The van der Waals surface area contributed by atoms with Crippen LogP contribution in [0.15, 0.2) is 60.8 Å². The van der Waals surface area contributed by atoms with Gasteiger partial charge in [-0.25, -0.2) is 9.07 Å². The van der Waals surface area contributed by atoms with E-state index in [0.29, 0.717) is 11.4 Å². The van der Waals surface area contributed by atoms with E-state index in [4.69, 9.17) is 4.74 Å². The lowest BCUT2D eigenvalue weighted by Crippen LogP contribution is -2.28. The molecule has 1 N–H and O–H groups in total. The number of nitrogens with one attached hydrogen (secondary N) is 1. The molecule has 0 unspecified atom stereocenters. The molecule has 0 saturated heterocycles. The Balaban J connectivity index is 1.55. The maximum Gasteiger partial charge on any atom is 0.258 e. The zero-order valence-corrected chi connectivity index (χ0v) is 13.8. The maximum absolute atomic E-state index is 13.1. The van der Waals surface area contributed by atoms with Crippen molar-refractivity contribution in [1.82, 2.24) is 15.1 Å². The fourth-order valence-corrected chi connectivity index (χ4v) is 2.33. The molecule has 0 atom stereocenters. The highest BCUT2D eigenvalue weighted by Crippen LogP contribution is 2.17. The number of amides is 1. The molecule has 0 aliphatic carbocycles. The summed E-state index contributed by atoms with van der Waals surface area (Å²) in [5, 5.41) is 7.04. The van der Waals surface area contributed by atoms with Crippen LogP contribution in [0.1, 0.15) is 11.1 Å². The number of hydrogen-bond donors (Lipinski definition) is 1. The van der Waals surface area contributed by atoms with E-state index in [1.807, 2.05) is 43.5 Å². The van der Waals surface area contributed by atoms with E-state index in [1.54, 1.807) is 16.8 Å². The molecule has 0 saturated carbocycles. The number of aryl methyl sites for hydroxylation is 1. The summed E-state index contributed by atoms with van der Waals surface area (Å²) < 4.78 is 20.3.